The molecule has 2 aromatic carbocycles. The van der Waals surface area contributed by atoms with Crippen molar-refractivity contribution in [3.05, 3.63) is 71.6 Å². The number of unbranched alkanes of at least 4 members (excludes halogenated alkanes) is 1. The molecule has 1 heterocycles. The molecule has 0 fully saturated rings. The smallest absolute Gasteiger partial charge is 0.404 e. The first-order chi connectivity index (χ1) is 15.5. The Morgan fingerprint density at radius 3 is 2.34 bits per heavy atom. The van der Waals surface area contributed by atoms with Gasteiger partial charge in [0.15, 0.2) is 5.13 Å². The lowest BCUT2D eigenvalue weighted by Gasteiger charge is -2.18. The van der Waals surface area contributed by atoms with Crippen molar-refractivity contribution in [3.8, 4) is 11.3 Å². The molecule has 0 aliphatic heterocycles. The number of thiazole rings is 1. The van der Waals surface area contributed by atoms with Crippen LogP contribution in [0, 0.1) is 0 Å². The maximum absolute atomic E-state index is 12.9. The topological polar surface area (TPSA) is 120 Å². The summed E-state index contributed by atoms with van der Waals surface area (Å²) >= 11 is 1.31. The second-order valence-corrected chi connectivity index (χ2v) is 7.87. The third-order valence-electron chi connectivity index (χ3n) is 4.66. The molecule has 32 heavy (non-hydrogen) atoms. The zero-order valence-corrected chi connectivity index (χ0v) is 18.1. The number of hydrogen-bond donors (Lipinski definition) is 4. The number of nitrogens with zero attached hydrogens (tertiary/aromatic N) is 1. The summed E-state index contributed by atoms with van der Waals surface area (Å²) < 4.78 is 0. The lowest BCUT2D eigenvalue weighted by molar-refractivity contribution is -0.118. The molecule has 0 aliphatic carbocycles. The van der Waals surface area contributed by atoms with Gasteiger partial charge in [-0.05, 0) is 31.4 Å². The fourth-order valence-corrected chi connectivity index (χ4v) is 3.76. The Kier molecular flexibility index (Phi) is 8.33. The molecule has 0 bridgehead atoms. The Morgan fingerprint density at radius 1 is 0.969 bits per heavy atom. The van der Waals surface area contributed by atoms with Gasteiger partial charge in [0.1, 0.15) is 6.04 Å². The number of anilines is 1. The summed E-state index contributed by atoms with van der Waals surface area (Å²) in [4.78, 5) is 40.6. The molecule has 0 aliphatic rings. The van der Waals surface area contributed by atoms with E-state index in [1.54, 1.807) is 24.3 Å². The molecule has 8 nitrogen and oxygen atoms in total. The van der Waals surface area contributed by atoms with Crippen LogP contribution in [0.5, 0.6) is 0 Å². The first kappa shape index (κ1) is 23.0. The number of carbonyl (C=O) groups excluding carboxylic acids is 2. The van der Waals surface area contributed by atoms with Gasteiger partial charge in [0.05, 0.1) is 5.69 Å². The van der Waals surface area contributed by atoms with Crippen LogP contribution in [0.2, 0.25) is 0 Å². The molecule has 1 aromatic heterocycles. The van der Waals surface area contributed by atoms with E-state index in [2.05, 4.69) is 20.9 Å². The number of rotatable bonds is 10. The summed E-state index contributed by atoms with van der Waals surface area (Å²) in [7, 11) is 0. The molecule has 0 radical (unpaired) electrons. The van der Waals surface area contributed by atoms with Gasteiger partial charge in [-0.15, -0.1) is 11.3 Å². The van der Waals surface area contributed by atoms with Gasteiger partial charge in [-0.2, -0.15) is 0 Å². The van der Waals surface area contributed by atoms with Crippen LogP contribution in [0.25, 0.3) is 11.3 Å². The molecule has 3 aromatic rings. The molecule has 166 valence electrons. The van der Waals surface area contributed by atoms with Crippen molar-refractivity contribution in [2.24, 2.45) is 0 Å². The second-order valence-electron chi connectivity index (χ2n) is 7.01. The van der Waals surface area contributed by atoms with E-state index in [4.69, 9.17) is 5.11 Å². The van der Waals surface area contributed by atoms with Crippen molar-refractivity contribution >= 4 is 34.4 Å². The molecule has 0 spiro atoms. The Labute approximate surface area is 189 Å². The van der Waals surface area contributed by atoms with Gasteiger partial charge in [0, 0.05) is 23.1 Å². The monoisotopic (exact) mass is 452 g/mol. The van der Waals surface area contributed by atoms with Crippen molar-refractivity contribution in [2.45, 2.75) is 25.3 Å². The van der Waals surface area contributed by atoms with E-state index >= 15 is 0 Å². The van der Waals surface area contributed by atoms with Crippen molar-refractivity contribution in [2.75, 3.05) is 11.9 Å². The highest BCUT2D eigenvalue weighted by Gasteiger charge is 2.22. The van der Waals surface area contributed by atoms with Crippen LogP contribution in [-0.2, 0) is 4.79 Å². The number of aromatic nitrogens is 1. The maximum Gasteiger partial charge on any atom is 0.404 e. The van der Waals surface area contributed by atoms with Gasteiger partial charge in [0.25, 0.3) is 5.91 Å². The number of amides is 3. The van der Waals surface area contributed by atoms with E-state index in [0.717, 1.165) is 11.3 Å². The van der Waals surface area contributed by atoms with E-state index in [1.807, 2.05) is 41.8 Å². The van der Waals surface area contributed by atoms with Gasteiger partial charge in [0.2, 0.25) is 5.91 Å². The van der Waals surface area contributed by atoms with Crippen LogP contribution >= 0.6 is 11.3 Å². The van der Waals surface area contributed by atoms with Crippen molar-refractivity contribution in [3.63, 3.8) is 0 Å². The average molecular weight is 453 g/mol. The second kappa shape index (κ2) is 11.6. The average Bonchev–Trinajstić information content (AvgIpc) is 3.27. The normalized spacial score (nSPS) is 11.4. The van der Waals surface area contributed by atoms with E-state index < -0.39 is 12.1 Å². The number of carboxylic acid groups (broad SMARTS) is 1. The van der Waals surface area contributed by atoms with Crippen LogP contribution < -0.4 is 16.0 Å². The quantitative estimate of drug-likeness (QED) is 0.347. The molecular formula is C23H24N4O4S. The predicted octanol–water partition coefficient (Wildman–Crippen LogP) is 3.99. The molecule has 9 heteroatoms. The molecule has 3 amide bonds. The van der Waals surface area contributed by atoms with Gasteiger partial charge in [-0.3, -0.25) is 9.59 Å². The van der Waals surface area contributed by atoms with Gasteiger partial charge in [-0.25, -0.2) is 9.78 Å². The summed E-state index contributed by atoms with van der Waals surface area (Å²) in [5, 5.41) is 18.8. The maximum atomic E-state index is 12.9. The van der Waals surface area contributed by atoms with Gasteiger partial charge >= 0.3 is 6.09 Å². The highest BCUT2D eigenvalue weighted by molar-refractivity contribution is 7.14. The number of nitrogens with one attached hydrogen (secondary N) is 3. The molecule has 0 saturated carbocycles. The van der Waals surface area contributed by atoms with Crippen molar-refractivity contribution in [1.82, 2.24) is 15.6 Å². The number of benzene rings is 2. The molecule has 4 N–H and O–H groups in total. The summed E-state index contributed by atoms with van der Waals surface area (Å²) in [6.45, 7) is 0.281. The fourth-order valence-electron chi connectivity index (χ4n) is 3.03. The summed E-state index contributed by atoms with van der Waals surface area (Å²) in [6.07, 6.45) is 0.380. The van der Waals surface area contributed by atoms with E-state index in [-0.39, 0.29) is 18.4 Å². The Balaban J connectivity index is 1.64. The van der Waals surface area contributed by atoms with Crippen LogP contribution in [0.4, 0.5) is 9.93 Å². The molecular weight excluding hydrogens is 428 g/mol. The largest absolute Gasteiger partial charge is 0.465 e. The first-order valence-corrected chi connectivity index (χ1v) is 11.1. The third kappa shape index (κ3) is 6.92. The Bertz CT molecular complexity index is 1040. The summed E-state index contributed by atoms with van der Waals surface area (Å²) in [6, 6.07) is 17.5. The lowest BCUT2D eigenvalue weighted by atomic mass is 10.1. The standard InChI is InChI=1S/C23H24N4O4S/c28-20(17-11-5-2-6-12-17)25-18(13-7-8-14-24-23(30)31)21(29)27-22-26-19(15-32-22)16-9-3-1-4-10-16/h1-6,9-12,15,18,24H,7-8,13-14H2,(H,25,28)(H,30,31)(H,26,27,29). The van der Waals surface area contributed by atoms with Crippen LogP contribution in [0.1, 0.15) is 29.6 Å². The number of carbonyl (C=O) groups is 3. The van der Waals surface area contributed by atoms with Gasteiger partial charge < -0.3 is 21.1 Å². The van der Waals surface area contributed by atoms with Crippen molar-refractivity contribution < 1.29 is 19.5 Å². The minimum absolute atomic E-state index is 0.281. The highest BCUT2D eigenvalue weighted by Crippen LogP contribution is 2.24. The Morgan fingerprint density at radius 2 is 1.66 bits per heavy atom. The van der Waals surface area contributed by atoms with Crippen LogP contribution in [0.3, 0.4) is 0 Å². The van der Waals surface area contributed by atoms with E-state index in [9.17, 15) is 14.4 Å². The highest BCUT2D eigenvalue weighted by atomic mass is 32.1. The minimum Gasteiger partial charge on any atom is -0.465 e. The van der Waals surface area contributed by atoms with Crippen molar-refractivity contribution in [1.29, 1.82) is 0 Å². The molecule has 3 rings (SSSR count). The van der Waals surface area contributed by atoms with Gasteiger partial charge in [-0.1, -0.05) is 48.5 Å². The Hall–Kier alpha value is -3.72. The zero-order chi connectivity index (χ0) is 22.8. The summed E-state index contributed by atoms with van der Waals surface area (Å²) in [5.41, 5.74) is 2.16. The SMILES string of the molecule is O=C(O)NCCCCC(NC(=O)c1ccccc1)C(=O)Nc1nc(-c2ccccc2)cs1. The van der Waals surface area contributed by atoms with Crippen LogP contribution in [-0.4, -0.2) is 40.6 Å². The number of hydrogen-bond acceptors (Lipinski definition) is 5. The van der Waals surface area contributed by atoms with Crippen LogP contribution in [0.15, 0.2) is 66.0 Å². The molecule has 1 unspecified atom stereocenters. The zero-order valence-electron chi connectivity index (χ0n) is 17.3. The van der Waals surface area contributed by atoms with E-state index in [0.29, 0.717) is 30.0 Å². The first-order valence-electron chi connectivity index (χ1n) is 10.2. The summed E-state index contributed by atoms with van der Waals surface area (Å²) in [5.74, 6) is -0.715. The molecule has 1 atom stereocenters. The minimum atomic E-state index is -1.09. The fraction of sp³-hybridized carbons (Fsp3) is 0.217. The third-order valence-corrected chi connectivity index (χ3v) is 5.42. The lowest BCUT2D eigenvalue weighted by Crippen LogP contribution is -2.43. The van der Waals surface area contributed by atoms with E-state index in [1.165, 1.54) is 11.3 Å². The molecule has 0 saturated heterocycles. The predicted molar refractivity (Wildman–Crippen MR) is 124 cm³/mol.